The van der Waals surface area contributed by atoms with E-state index in [0.717, 1.165) is 4.88 Å². The van der Waals surface area contributed by atoms with Gasteiger partial charge >= 0.3 is 5.97 Å². The monoisotopic (exact) mass is 429 g/mol. The number of carbonyl (C=O) groups is 4. The first-order valence-electron chi connectivity index (χ1n) is 9.52. The van der Waals surface area contributed by atoms with Crippen LogP contribution in [0.25, 0.3) is 0 Å². The van der Waals surface area contributed by atoms with Gasteiger partial charge < -0.3 is 20.3 Å². The van der Waals surface area contributed by atoms with Crippen molar-refractivity contribution in [2.24, 2.45) is 0 Å². The van der Waals surface area contributed by atoms with E-state index in [9.17, 15) is 19.2 Å². The largest absolute Gasteiger partial charge is 0.455 e. The van der Waals surface area contributed by atoms with E-state index in [0.29, 0.717) is 11.4 Å². The number of amides is 3. The summed E-state index contributed by atoms with van der Waals surface area (Å²) in [6.07, 6.45) is 0.0525. The standard InChI is InChI=1S/C21H23N3O5S/c1-13-10-19(26)23-15-6-3-4-7-17(15)24(13)20(27)12-29-21(28)11-16(22-14(2)25)18-8-5-9-30-18/h3-9,13,16H,10-12H2,1-2H3,(H,22,25)(H,23,26). The number of carbonyl (C=O) groups excluding carboxylic acids is 4. The smallest absolute Gasteiger partial charge is 0.308 e. The average molecular weight is 429 g/mol. The van der Waals surface area contributed by atoms with Gasteiger partial charge in [-0.3, -0.25) is 19.2 Å². The van der Waals surface area contributed by atoms with Gasteiger partial charge in [-0.1, -0.05) is 18.2 Å². The second-order valence-electron chi connectivity index (χ2n) is 7.02. The Balaban J connectivity index is 1.66. The maximum absolute atomic E-state index is 12.9. The zero-order valence-corrected chi connectivity index (χ0v) is 17.5. The van der Waals surface area contributed by atoms with Gasteiger partial charge in [-0.25, -0.2) is 0 Å². The number of ether oxygens (including phenoxy) is 1. The van der Waals surface area contributed by atoms with Crippen LogP contribution < -0.4 is 15.5 Å². The molecule has 0 bridgehead atoms. The molecule has 3 rings (SSSR count). The van der Waals surface area contributed by atoms with Crippen molar-refractivity contribution in [3.63, 3.8) is 0 Å². The van der Waals surface area contributed by atoms with Gasteiger partial charge in [-0.2, -0.15) is 0 Å². The van der Waals surface area contributed by atoms with Gasteiger partial charge in [0.2, 0.25) is 11.8 Å². The van der Waals surface area contributed by atoms with E-state index in [2.05, 4.69) is 10.6 Å². The predicted octanol–water partition coefficient (Wildman–Crippen LogP) is 2.62. The molecule has 0 saturated carbocycles. The third-order valence-corrected chi connectivity index (χ3v) is 5.61. The molecule has 3 amide bonds. The van der Waals surface area contributed by atoms with E-state index in [4.69, 9.17) is 4.74 Å². The van der Waals surface area contributed by atoms with E-state index >= 15 is 0 Å². The lowest BCUT2D eigenvalue weighted by molar-refractivity contribution is -0.148. The van der Waals surface area contributed by atoms with Crippen LogP contribution in [0.4, 0.5) is 11.4 Å². The third kappa shape index (κ3) is 5.24. The molecule has 9 heteroatoms. The highest BCUT2D eigenvalue weighted by Crippen LogP contribution is 2.31. The van der Waals surface area contributed by atoms with Crippen molar-refractivity contribution in [1.29, 1.82) is 0 Å². The van der Waals surface area contributed by atoms with Crippen molar-refractivity contribution in [2.45, 2.75) is 38.8 Å². The Bertz CT molecular complexity index is 944. The summed E-state index contributed by atoms with van der Waals surface area (Å²) in [4.78, 5) is 51.0. The summed E-state index contributed by atoms with van der Waals surface area (Å²) in [5, 5.41) is 7.36. The van der Waals surface area contributed by atoms with Gasteiger partial charge in [0, 0.05) is 24.3 Å². The van der Waals surface area contributed by atoms with Crippen LogP contribution >= 0.6 is 11.3 Å². The summed E-state index contributed by atoms with van der Waals surface area (Å²) in [6, 6.07) is 9.75. The second kappa shape index (κ2) is 9.53. The normalized spacial score (nSPS) is 16.7. The highest BCUT2D eigenvalue weighted by molar-refractivity contribution is 7.10. The zero-order valence-electron chi connectivity index (χ0n) is 16.7. The number of hydrogen-bond donors (Lipinski definition) is 2. The molecule has 2 N–H and O–H groups in total. The summed E-state index contributed by atoms with van der Waals surface area (Å²) in [6.45, 7) is 2.69. The molecule has 2 heterocycles. The summed E-state index contributed by atoms with van der Waals surface area (Å²) in [5.74, 6) is -1.46. The molecule has 2 aromatic rings. The quantitative estimate of drug-likeness (QED) is 0.687. The molecule has 1 aromatic heterocycles. The molecule has 30 heavy (non-hydrogen) atoms. The van der Waals surface area contributed by atoms with Gasteiger partial charge in [0.05, 0.1) is 23.8 Å². The molecule has 1 aromatic carbocycles. The summed E-state index contributed by atoms with van der Waals surface area (Å²) in [5.41, 5.74) is 1.10. The van der Waals surface area contributed by atoms with Crippen LogP contribution in [-0.4, -0.2) is 36.3 Å². The van der Waals surface area contributed by atoms with Crippen molar-refractivity contribution in [1.82, 2.24) is 5.32 Å². The summed E-state index contributed by atoms with van der Waals surface area (Å²) >= 11 is 1.42. The lowest BCUT2D eigenvalue weighted by Gasteiger charge is -2.27. The van der Waals surface area contributed by atoms with E-state index in [1.54, 1.807) is 31.2 Å². The first-order valence-corrected chi connectivity index (χ1v) is 10.4. The molecule has 0 aliphatic carbocycles. The van der Waals surface area contributed by atoms with Crippen molar-refractivity contribution >= 4 is 46.4 Å². The lowest BCUT2D eigenvalue weighted by atomic mass is 10.1. The van der Waals surface area contributed by atoms with Crippen LogP contribution in [0.1, 0.15) is 37.6 Å². The van der Waals surface area contributed by atoms with Crippen LogP contribution in [0.3, 0.4) is 0 Å². The van der Waals surface area contributed by atoms with Gasteiger partial charge in [-0.15, -0.1) is 11.3 Å². The Morgan fingerprint density at radius 2 is 2.03 bits per heavy atom. The SMILES string of the molecule is CC(=O)NC(CC(=O)OCC(=O)N1c2ccccc2NC(=O)CC1C)c1cccs1. The fourth-order valence-corrected chi connectivity index (χ4v) is 4.14. The molecule has 158 valence electrons. The Morgan fingerprint density at radius 1 is 1.27 bits per heavy atom. The number of anilines is 2. The Hall–Kier alpha value is -3.20. The molecule has 0 spiro atoms. The number of fused-ring (bicyclic) bond motifs is 1. The molecular formula is C21H23N3O5S. The molecule has 1 aliphatic rings. The Kier molecular flexibility index (Phi) is 6.83. The number of nitrogens with one attached hydrogen (secondary N) is 2. The van der Waals surface area contributed by atoms with E-state index in [-0.39, 0.29) is 24.7 Å². The first kappa shape index (κ1) is 21.5. The number of nitrogens with zero attached hydrogens (tertiary/aromatic N) is 1. The first-order chi connectivity index (χ1) is 14.3. The molecule has 2 unspecified atom stereocenters. The fraction of sp³-hybridized carbons (Fsp3) is 0.333. The van der Waals surface area contributed by atoms with E-state index in [1.165, 1.54) is 23.2 Å². The number of esters is 1. The van der Waals surface area contributed by atoms with Gasteiger partial charge in [-0.05, 0) is 30.5 Å². The third-order valence-electron chi connectivity index (χ3n) is 4.62. The number of thiophene rings is 1. The summed E-state index contributed by atoms with van der Waals surface area (Å²) < 4.78 is 5.22. The minimum Gasteiger partial charge on any atom is -0.455 e. The topological polar surface area (TPSA) is 105 Å². The zero-order chi connectivity index (χ0) is 21.7. The second-order valence-corrected chi connectivity index (χ2v) is 7.99. The fourth-order valence-electron chi connectivity index (χ4n) is 3.36. The van der Waals surface area contributed by atoms with Crippen LogP contribution in [0, 0.1) is 0 Å². The van der Waals surface area contributed by atoms with Gasteiger partial charge in [0.25, 0.3) is 5.91 Å². The van der Waals surface area contributed by atoms with E-state index in [1.807, 2.05) is 17.5 Å². The van der Waals surface area contributed by atoms with Crippen LogP contribution in [0.2, 0.25) is 0 Å². The molecule has 0 fully saturated rings. The minimum atomic E-state index is -0.597. The molecule has 1 aliphatic heterocycles. The average Bonchev–Trinajstić information content (AvgIpc) is 3.17. The van der Waals surface area contributed by atoms with Crippen molar-refractivity contribution in [3.05, 3.63) is 46.7 Å². The van der Waals surface area contributed by atoms with Crippen LogP contribution in [0.5, 0.6) is 0 Å². The maximum Gasteiger partial charge on any atom is 0.308 e. The van der Waals surface area contributed by atoms with Crippen molar-refractivity contribution in [3.8, 4) is 0 Å². The van der Waals surface area contributed by atoms with Crippen LogP contribution in [0.15, 0.2) is 41.8 Å². The highest BCUT2D eigenvalue weighted by Gasteiger charge is 2.30. The predicted molar refractivity (Wildman–Crippen MR) is 113 cm³/mol. The lowest BCUT2D eigenvalue weighted by Crippen LogP contribution is -2.41. The van der Waals surface area contributed by atoms with Crippen molar-refractivity contribution in [2.75, 3.05) is 16.8 Å². The van der Waals surface area contributed by atoms with Gasteiger partial charge in [0.15, 0.2) is 6.61 Å². The Labute approximate surface area is 178 Å². The molecule has 8 nitrogen and oxygen atoms in total. The highest BCUT2D eigenvalue weighted by atomic mass is 32.1. The number of hydrogen-bond acceptors (Lipinski definition) is 6. The molecule has 0 radical (unpaired) electrons. The van der Waals surface area contributed by atoms with Crippen molar-refractivity contribution < 1.29 is 23.9 Å². The van der Waals surface area contributed by atoms with E-state index < -0.39 is 30.6 Å². The molecule has 2 atom stereocenters. The van der Waals surface area contributed by atoms with Gasteiger partial charge in [0.1, 0.15) is 0 Å². The maximum atomic E-state index is 12.9. The number of rotatable bonds is 6. The summed E-state index contributed by atoms with van der Waals surface area (Å²) in [7, 11) is 0. The Morgan fingerprint density at radius 3 is 2.73 bits per heavy atom. The molecule has 0 saturated heterocycles. The van der Waals surface area contributed by atoms with Crippen LogP contribution in [-0.2, 0) is 23.9 Å². The number of benzene rings is 1. The minimum absolute atomic E-state index is 0.0838. The number of para-hydroxylation sites is 2. The molecular weight excluding hydrogens is 406 g/mol.